The van der Waals surface area contributed by atoms with Crippen LogP contribution in [-0.4, -0.2) is 19.0 Å². The van der Waals surface area contributed by atoms with Gasteiger partial charge in [0.2, 0.25) is 0 Å². The van der Waals surface area contributed by atoms with E-state index in [0.717, 1.165) is 12.7 Å². The van der Waals surface area contributed by atoms with Gasteiger partial charge in [0.25, 0.3) is 0 Å². The van der Waals surface area contributed by atoms with E-state index in [-0.39, 0.29) is 11.9 Å². The molecule has 15 heavy (non-hydrogen) atoms. The van der Waals surface area contributed by atoms with Gasteiger partial charge in [0.1, 0.15) is 0 Å². The molecule has 0 bridgehead atoms. The second-order valence-corrected chi connectivity index (χ2v) is 2.68. The Morgan fingerprint density at radius 1 is 1.40 bits per heavy atom. The van der Waals surface area contributed by atoms with Crippen LogP contribution in [-0.2, 0) is 19.1 Å². The largest absolute Gasteiger partial charge is 0.466 e. The normalized spacial score (nSPS) is 7.93. The van der Waals surface area contributed by atoms with Gasteiger partial charge < -0.3 is 9.47 Å². The van der Waals surface area contributed by atoms with Gasteiger partial charge in [-0.25, -0.2) is 4.79 Å². The van der Waals surface area contributed by atoms with Crippen LogP contribution in [0, 0.1) is 0 Å². The summed E-state index contributed by atoms with van der Waals surface area (Å²) in [7, 11) is 1.33. The second kappa shape index (κ2) is 10.5. The third-order valence-corrected chi connectivity index (χ3v) is 1.20. The van der Waals surface area contributed by atoms with Crippen molar-refractivity contribution in [3.8, 4) is 0 Å². The van der Waals surface area contributed by atoms with Crippen LogP contribution in [0.3, 0.4) is 0 Å². The first-order chi connectivity index (χ1) is 6.99. The van der Waals surface area contributed by atoms with Crippen LogP contribution in [0.1, 0.15) is 26.7 Å². The summed E-state index contributed by atoms with van der Waals surface area (Å²) in [5.41, 5.74) is 0.433. The topological polar surface area (TPSA) is 52.6 Å². The zero-order chi connectivity index (χ0) is 12.3. The molecule has 0 aromatic rings. The fourth-order valence-electron chi connectivity index (χ4n) is 0.530. The van der Waals surface area contributed by atoms with Gasteiger partial charge in [-0.05, 0) is 13.3 Å². The average molecular weight is 214 g/mol. The number of hydrogen-bond donors (Lipinski definition) is 0. The van der Waals surface area contributed by atoms with Crippen molar-refractivity contribution < 1.29 is 19.1 Å². The van der Waals surface area contributed by atoms with Crippen molar-refractivity contribution in [2.24, 2.45) is 0 Å². The molecule has 0 saturated carbocycles. The van der Waals surface area contributed by atoms with Crippen LogP contribution in [0.4, 0.5) is 0 Å². The number of methoxy groups -OCH3 is 1. The summed E-state index contributed by atoms with van der Waals surface area (Å²) in [6, 6.07) is 0. The lowest BCUT2D eigenvalue weighted by Gasteiger charge is -1.92. The lowest BCUT2D eigenvalue weighted by Crippen LogP contribution is -1.98. The average Bonchev–Trinajstić information content (AvgIpc) is 2.18. The maximum atomic E-state index is 10.3. The molecule has 0 radical (unpaired) electrons. The highest BCUT2D eigenvalue weighted by Gasteiger charge is 1.95. The highest BCUT2D eigenvalue weighted by atomic mass is 16.5. The predicted octanol–water partition coefficient (Wildman–Crippen LogP) is 2.21. The molecule has 0 rings (SSSR count). The van der Waals surface area contributed by atoms with Gasteiger partial charge in [0, 0.05) is 12.0 Å². The van der Waals surface area contributed by atoms with Crippen molar-refractivity contribution in [1.82, 2.24) is 0 Å². The lowest BCUT2D eigenvalue weighted by atomic mass is 10.3. The summed E-state index contributed by atoms with van der Waals surface area (Å²) < 4.78 is 8.68. The molecule has 0 saturated heterocycles. The zero-order valence-corrected chi connectivity index (χ0v) is 9.54. The molecule has 0 amide bonds. The first kappa shape index (κ1) is 15.9. The summed E-state index contributed by atoms with van der Waals surface area (Å²) in [5.74, 6) is -0.553. The van der Waals surface area contributed by atoms with E-state index in [1.54, 1.807) is 6.92 Å². The molecular weight excluding hydrogens is 196 g/mol. The molecule has 0 aliphatic rings. The third-order valence-electron chi connectivity index (χ3n) is 1.20. The Morgan fingerprint density at radius 2 is 1.93 bits per heavy atom. The summed E-state index contributed by atoms with van der Waals surface area (Å²) in [6.45, 7) is 10.1. The highest BCUT2D eigenvalue weighted by Crippen LogP contribution is 1.89. The minimum Gasteiger partial charge on any atom is -0.466 e. The minimum atomic E-state index is -0.347. The molecule has 0 heterocycles. The summed E-state index contributed by atoms with van der Waals surface area (Å²) >= 11 is 0. The van der Waals surface area contributed by atoms with E-state index < -0.39 is 0 Å². The Labute approximate surface area is 90.6 Å². The second-order valence-electron chi connectivity index (χ2n) is 2.68. The van der Waals surface area contributed by atoms with Crippen LogP contribution in [0.2, 0.25) is 0 Å². The third kappa shape index (κ3) is 12.4. The Morgan fingerprint density at radius 3 is 2.13 bits per heavy atom. The predicted molar refractivity (Wildman–Crippen MR) is 58.0 cm³/mol. The molecule has 86 valence electrons. The van der Waals surface area contributed by atoms with E-state index in [1.165, 1.54) is 7.11 Å². The maximum Gasteiger partial charge on any atom is 0.332 e. The fourth-order valence-corrected chi connectivity index (χ4v) is 0.530. The minimum absolute atomic E-state index is 0.206. The van der Waals surface area contributed by atoms with Crippen molar-refractivity contribution in [2.75, 3.05) is 7.11 Å². The molecule has 0 aromatic heterocycles. The molecular formula is C11H18O4. The van der Waals surface area contributed by atoms with Gasteiger partial charge in [0.15, 0.2) is 0 Å². The smallest absolute Gasteiger partial charge is 0.332 e. The molecule has 0 N–H and O–H groups in total. The number of hydrogen-bond acceptors (Lipinski definition) is 4. The molecule has 0 unspecified atom stereocenters. The van der Waals surface area contributed by atoms with Crippen LogP contribution < -0.4 is 0 Å². The molecule has 0 aliphatic heterocycles. The Hall–Kier alpha value is -1.58. The lowest BCUT2D eigenvalue weighted by molar-refractivity contribution is -0.138. The Bertz CT molecular complexity index is 231. The van der Waals surface area contributed by atoms with Crippen molar-refractivity contribution >= 4 is 11.9 Å². The molecule has 4 heteroatoms. The molecule has 0 spiro atoms. The Balaban J connectivity index is 0. The SMILES string of the molecule is C=C(C)C(=O)OC.C=COC(=O)CCC. The molecule has 0 fully saturated rings. The van der Waals surface area contributed by atoms with Gasteiger partial charge in [-0.3, -0.25) is 4.79 Å². The first-order valence-corrected chi connectivity index (χ1v) is 4.53. The van der Waals surface area contributed by atoms with Gasteiger partial charge in [0.05, 0.1) is 13.4 Å². The van der Waals surface area contributed by atoms with Gasteiger partial charge in [-0.1, -0.05) is 20.1 Å². The number of carbonyl (C=O) groups excluding carboxylic acids is 2. The Kier molecular flexibility index (Phi) is 11.1. The van der Waals surface area contributed by atoms with Crippen LogP contribution >= 0.6 is 0 Å². The van der Waals surface area contributed by atoms with E-state index in [2.05, 4.69) is 22.6 Å². The van der Waals surface area contributed by atoms with E-state index in [9.17, 15) is 9.59 Å². The van der Waals surface area contributed by atoms with Crippen LogP contribution in [0.15, 0.2) is 25.0 Å². The monoisotopic (exact) mass is 214 g/mol. The highest BCUT2D eigenvalue weighted by molar-refractivity contribution is 5.86. The molecule has 0 atom stereocenters. The van der Waals surface area contributed by atoms with Gasteiger partial charge in [-0.15, -0.1) is 0 Å². The quantitative estimate of drug-likeness (QED) is 0.409. The van der Waals surface area contributed by atoms with E-state index in [0.29, 0.717) is 12.0 Å². The fraction of sp³-hybridized carbons (Fsp3) is 0.455. The van der Waals surface area contributed by atoms with Crippen molar-refractivity contribution in [3.05, 3.63) is 25.0 Å². The van der Waals surface area contributed by atoms with Crippen molar-refractivity contribution in [2.45, 2.75) is 26.7 Å². The van der Waals surface area contributed by atoms with E-state index in [4.69, 9.17) is 0 Å². The zero-order valence-electron chi connectivity index (χ0n) is 9.54. The standard InChI is InChI=1S/C6H10O2.C5H8O2/c1-3-5-6(7)8-4-2;1-4(2)5(6)7-3/h4H,2-3,5H2,1H3;1H2,2-3H3. The number of rotatable bonds is 4. The van der Waals surface area contributed by atoms with Crippen molar-refractivity contribution in [1.29, 1.82) is 0 Å². The van der Waals surface area contributed by atoms with E-state index >= 15 is 0 Å². The van der Waals surface area contributed by atoms with Gasteiger partial charge >= 0.3 is 11.9 Å². The molecule has 0 aliphatic carbocycles. The number of esters is 2. The molecule has 4 nitrogen and oxygen atoms in total. The van der Waals surface area contributed by atoms with Crippen LogP contribution in [0.25, 0.3) is 0 Å². The van der Waals surface area contributed by atoms with Crippen molar-refractivity contribution in [3.63, 3.8) is 0 Å². The first-order valence-electron chi connectivity index (χ1n) is 4.53. The summed E-state index contributed by atoms with van der Waals surface area (Å²) in [4.78, 5) is 20.5. The maximum absolute atomic E-state index is 10.3. The van der Waals surface area contributed by atoms with Gasteiger partial charge in [-0.2, -0.15) is 0 Å². The number of ether oxygens (including phenoxy) is 2. The van der Waals surface area contributed by atoms with E-state index in [1.807, 2.05) is 6.92 Å². The molecule has 0 aromatic carbocycles. The number of carbonyl (C=O) groups is 2. The summed E-state index contributed by atoms with van der Waals surface area (Å²) in [5, 5.41) is 0. The van der Waals surface area contributed by atoms with Crippen LogP contribution in [0.5, 0.6) is 0 Å². The summed E-state index contributed by atoms with van der Waals surface area (Å²) in [6.07, 6.45) is 2.46.